The van der Waals surface area contributed by atoms with Crippen molar-refractivity contribution >= 4 is 21.4 Å². The number of carbonyl (C=O) groups is 1. The summed E-state index contributed by atoms with van der Waals surface area (Å²) in [6, 6.07) is 5.77. The molecule has 1 aromatic carbocycles. The van der Waals surface area contributed by atoms with Gasteiger partial charge in [0.2, 0.25) is 0 Å². The van der Waals surface area contributed by atoms with Crippen LogP contribution >= 0.6 is 0 Å². The van der Waals surface area contributed by atoms with Gasteiger partial charge in [0.05, 0.1) is 17.1 Å². The summed E-state index contributed by atoms with van der Waals surface area (Å²) >= 11 is 0. The zero-order valence-electron chi connectivity index (χ0n) is 10.8. The van der Waals surface area contributed by atoms with Gasteiger partial charge in [0.25, 0.3) is 5.91 Å². The molecule has 1 heterocycles. The monoisotopic (exact) mass is 294 g/mol. The summed E-state index contributed by atoms with van der Waals surface area (Å²) in [4.78, 5) is 12.0. The average molecular weight is 294 g/mol. The number of rotatable bonds is 4. The second-order valence-corrected chi connectivity index (χ2v) is 6.34. The van der Waals surface area contributed by atoms with Crippen LogP contribution < -0.4 is 11.1 Å². The maximum absolute atomic E-state index is 12.0. The molecule has 1 amide bonds. The molecule has 0 atom stereocenters. The molecule has 0 aliphatic carbocycles. The smallest absolute Gasteiger partial charge is 0.251 e. The molecule has 0 bridgehead atoms. The van der Waals surface area contributed by atoms with Crippen molar-refractivity contribution in [2.45, 2.75) is 11.4 Å². The molecule has 0 fully saturated rings. The zero-order valence-corrected chi connectivity index (χ0v) is 11.6. The second-order valence-electron chi connectivity index (χ2n) is 4.33. The number of hydrogen-bond donors (Lipinski definition) is 3. The molecule has 8 heteroatoms. The highest BCUT2D eigenvalue weighted by atomic mass is 32.2. The third-order valence-electron chi connectivity index (χ3n) is 2.62. The summed E-state index contributed by atoms with van der Waals surface area (Å²) in [5.41, 5.74) is 6.79. The van der Waals surface area contributed by atoms with E-state index in [-0.39, 0.29) is 22.7 Å². The minimum absolute atomic E-state index is 0.0178. The number of nitrogens with zero attached hydrogens (tertiary/aromatic N) is 1. The van der Waals surface area contributed by atoms with E-state index in [2.05, 4.69) is 15.5 Å². The molecule has 2 rings (SSSR count). The van der Waals surface area contributed by atoms with Crippen LogP contribution in [0.15, 0.2) is 35.4 Å². The van der Waals surface area contributed by atoms with Crippen LogP contribution in [0, 0.1) is 0 Å². The number of aromatic nitrogens is 2. The number of aromatic amines is 1. The van der Waals surface area contributed by atoms with Gasteiger partial charge in [-0.2, -0.15) is 5.10 Å². The van der Waals surface area contributed by atoms with Crippen LogP contribution in [0.2, 0.25) is 0 Å². The van der Waals surface area contributed by atoms with E-state index >= 15 is 0 Å². The highest BCUT2D eigenvalue weighted by Crippen LogP contribution is 2.16. The van der Waals surface area contributed by atoms with E-state index in [4.69, 9.17) is 5.73 Å². The van der Waals surface area contributed by atoms with Gasteiger partial charge in [-0.1, -0.05) is 0 Å². The summed E-state index contributed by atoms with van der Waals surface area (Å²) in [6.07, 6.45) is 2.64. The highest BCUT2D eigenvalue weighted by molar-refractivity contribution is 7.90. The number of carbonyl (C=O) groups excluding carboxylic acids is 1. The Labute approximate surface area is 116 Å². The Hall–Kier alpha value is -2.35. The summed E-state index contributed by atoms with van der Waals surface area (Å²) in [7, 11) is -3.42. The Morgan fingerprint density at radius 3 is 2.75 bits per heavy atom. The van der Waals surface area contributed by atoms with E-state index in [1.165, 1.54) is 18.2 Å². The molecule has 0 saturated carbocycles. The van der Waals surface area contributed by atoms with E-state index in [1.54, 1.807) is 12.3 Å². The molecule has 0 aliphatic rings. The molecule has 20 heavy (non-hydrogen) atoms. The van der Waals surface area contributed by atoms with Crippen LogP contribution in [-0.4, -0.2) is 30.8 Å². The van der Waals surface area contributed by atoms with Crippen molar-refractivity contribution in [3.8, 4) is 0 Å². The maximum atomic E-state index is 12.0. The lowest BCUT2D eigenvalue weighted by Crippen LogP contribution is -2.23. The molecule has 7 nitrogen and oxygen atoms in total. The molecule has 1 aromatic heterocycles. The number of anilines is 1. The third kappa shape index (κ3) is 3.35. The SMILES string of the molecule is CS(=O)(=O)c1cc(N)cc(C(=O)NCc2ccn[nH]2)c1. The number of nitrogens with two attached hydrogens (primary N) is 1. The zero-order chi connectivity index (χ0) is 14.8. The molecule has 0 spiro atoms. The van der Waals surface area contributed by atoms with Crippen LogP contribution in [-0.2, 0) is 16.4 Å². The van der Waals surface area contributed by atoms with Crippen molar-refractivity contribution in [1.29, 1.82) is 0 Å². The molecular formula is C12H14N4O3S. The highest BCUT2D eigenvalue weighted by Gasteiger charge is 2.13. The number of nitrogen functional groups attached to an aromatic ring is 1. The lowest BCUT2D eigenvalue weighted by molar-refractivity contribution is 0.0950. The molecule has 2 aromatic rings. The van der Waals surface area contributed by atoms with E-state index in [0.717, 1.165) is 11.9 Å². The summed E-state index contributed by atoms with van der Waals surface area (Å²) in [6.45, 7) is 0.266. The Bertz CT molecular complexity index is 723. The fourth-order valence-electron chi connectivity index (χ4n) is 1.63. The van der Waals surface area contributed by atoms with Crippen LogP contribution in [0.3, 0.4) is 0 Å². The Morgan fingerprint density at radius 2 is 2.15 bits per heavy atom. The molecule has 0 radical (unpaired) electrons. The van der Waals surface area contributed by atoms with Gasteiger partial charge in [-0.05, 0) is 24.3 Å². The minimum atomic E-state index is -3.42. The Morgan fingerprint density at radius 1 is 1.40 bits per heavy atom. The van der Waals surface area contributed by atoms with Gasteiger partial charge in [0.1, 0.15) is 0 Å². The van der Waals surface area contributed by atoms with E-state index < -0.39 is 15.7 Å². The molecule has 106 valence electrons. The lowest BCUT2D eigenvalue weighted by Gasteiger charge is -2.07. The van der Waals surface area contributed by atoms with Crippen LogP contribution in [0.25, 0.3) is 0 Å². The number of benzene rings is 1. The maximum Gasteiger partial charge on any atom is 0.251 e. The fraction of sp³-hybridized carbons (Fsp3) is 0.167. The number of nitrogens with one attached hydrogen (secondary N) is 2. The number of H-pyrrole nitrogens is 1. The van der Waals surface area contributed by atoms with Gasteiger partial charge < -0.3 is 11.1 Å². The largest absolute Gasteiger partial charge is 0.399 e. The van der Waals surface area contributed by atoms with Crippen molar-refractivity contribution < 1.29 is 13.2 Å². The van der Waals surface area contributed by atoms with E-state index in [1.807, 2.05) is 0 Å². The van der Waals surface area contributed by atoms with Crippen molar-refractivity contribution in [1.82, 2.24) is 15.5 Å². The number of hydrogen-bond acceptors (Lipinski definition) is 5. The van der Waals surface area contributed by atoms with Crippen LogP contribution in [0.4, 0.5) is 5.69 Å². The number of sulfone groups is 1. The number of amides is 1. The summed E-state index contributed by atoms with van der Waals surface area (Å²) < 4.78 is 23.0. The topological polar surface area (TPSA) is 118 Å². The Kier molecular flexibility index (Phi) is 3.75. The fourth-order valence-corrected chi connectivity index (χ4v) is 2.32. The Balaban J connectivity index is 2.19. The van der Waals surface area contributed by atoms with Gasteiger partial charge in [-0.15, -0.1) is 0 Å². The first kappa shape index (κ1) is 14.1. The molecule has 4 N–H and O–H groups in total. The van der Waals surface area contributed by atoms with Crippen LogP contribution in [0.1, 0.15) is 16.1 Å². The summed E-state index contributed by atoms with van der Waals surface area (Å²) in [5, 5.41) is 9.11. The predicted molar refractivity (Wildman–Crippen MR) is 73.7 cm³/mol. The van der Waals surface area contributed by atoms with Gasteiger partial charge in [-0.25, -0.2) is 8.42 Å². The van der Waals surface area contributed by atoms with Gasteiger partial charge in [-0.3, -0.25) is 9.89 Å². The van der Waals surface area contributed by atoms with E-state index in [9.17, 15) is 13.2 Å². The molecule has 0 saturated heterocycles. The standard InChI is InChI=1S/C12H14N4O3S/c1-20(18,19)11-5-8(4-9(13)6-11)12(17)14-7-10-2-3-15-16-10/h2-6H,7,13H2,1H3,(H,14,17)(H,15,16). The van der Waals surface area contributed by atoms with Crippen molar-refractivity contribution in [3.63, 3.8) is 0 Å². The van der Waals surface area contributed by atoms with Crippen LogP contribution in [0.5, 0.6) is 0 Å². The molecule has 0 aliphatic heterocycles. The second kappa shape index (κ2) is 5.33. The first-order valence-electron chi connectivity index (χ1n) is 5.73. The van der Waals surface area contributed by atoms with Crippen molar-refractivity contribution in [2.24, 2.45) is 0 Å². The average Bonchev–Trinajstić information content (AvgIpc) is 2.87. The van der Waals surface area contributed by atoms with Gasteiger partial charge >= 0.3 is 0 Å². The molecular weight excluding hydrogens is 280 g/mol. The minimum Gasteiger partial charge on any atom is -0.399 e. The van der Waals surface area contributed by atoms with Gasteiger partial charge in [0.15, 0.2) is 9.84 Å². The van der Waals surface area contributed by atoms with Gasteiger partial charge in [0, 0.05) is 23.7 Å². The third-order valence-corrected chi connectivity index (χ3v) is 3.71. The van der Waals surface area contributed by atoms with Crippen molar-refractivity contribution in [2.75, 3.05) is 12.0 Å². The predicted octanol–water partition coefficient (Wildman–Crippen LogP) is 0.325. The first-order chi connectivity index (χ1) is 9.36. The van der Waals surface area contributed by atoms with E-state index in [0.29, 0.717) is 0 Å². The lowest BCUT2D eigenvalue weighted by atomic mass is 10.2. The van der Waals surface area contributed by atoms with Crippen molar-refractivity contribution in [3.05, 3.63) is 41.7 Å². The normalized spacial score (nSPS) is 11.2. The molecule has 0 unspecified atom stereocenters. The first-order valence-corrected chi connectivity index (χ1v) is 7.62. The summed E-state index contributed by atoms with van der Waals surface area (Å²) in [5.74, 6) is -0.406. The quantitative estimate of drug-likeness (QED) is 0.702.